The quantitative estimate of drug-likeness (QED) is 0.405. The van der Waals surface area contributed by atoms with Gasteiger partial charge in [-0.2, -0.15) is 5.10 Å². The first kappa shape index (κ1) is 20.6. The number of hydrogen-bond acceptors (Lipinski definition) is 6. The number of nitrogens with zero attached hydrogens (tertiary/aromatic N) is 3. The van der Waals surface area contributed by atoms with Gasteiger partial charge in [-0.1, -0.05) is 41.9 Å². The van der Waals surface area contributed by atoms with Crippen molar-refractivity contribution in [2.24, 2.45) is 0 Å². The fraction of sp³-hybridized carbons (Fsp3) is 0.136. The fourth-order valence-electron chi connectivity index (χ4n) is 3.15. The van der Waals surface area contributed by atoms with E-state index in [9.17, 15) is 9.18 Å². The van der Waals surface area contributed by atoms with Gasteiger partial charge in [-0.25, -0.2) is 18.7 Å². The Balaban J connectivity index is 1.80. The van der Waals surface area contributed by atoms with Crippen LogP contribution >= 0.6 is 11.6 Å². The lowest BCUT2D eigenvalue weighted by Gasteiger charge is -2.10. The largest absolute Gasteiger partial charge is 0.513 e. The molecule has 158 valence electrons. The Kier molecular flexibility index (Phi) is 5.99. The summed E-state index contributed by atoms with van der Waals surface area (Å²) in [4.78, 5) is 16.3. The molecule has 0 fully saturated rings. The summed E-state index contributed by atoms with van der Waals surface area (Å²) >= 11 is 5.90. The topological polar surface area (TPSA) is 77.8 Å². The monoisotopic (exact) mass is 440 g/mol. The number of carbonyl (C=O) groups excluding carboxylic acids is 1. The standard InChI is InChI=1S/C22H18ClFN4O3/c1-2-30-22(29)31-19-12-28-20(16(19)10-14-6-4-3-5-7-14)21(25-13-26-28)27-15-8-9-18(24)17(23)11-15/h3-9,11-13H,2,10H2,1H3,(H,25,26,27). The van der Waals surface area contributed by atoms with Crippen molar-refractivity contribution in [3.63, 3.8) is 0 Å². The highest BCUT2D eigenvalue weighted by Crippen LogP contribution is 2.33. The van der Waals surface area contributed by atoms with Crippen molar-refractivity contribution < 1.29 is 18.7 Å². The van der Waals surface area contributed by atoms with Crippen LogP contribution in [0.2, 0.25) is 5.02 Å². The average molecular weight is 441 g/mol. The van der Waals surface area contributed by atoms with Crippen molar-refractivity contribution in [2.45, 2.75) is 13.3 Å². The van der Waals surface area contributed by atoms with Gasteiger partial charge in [0.15, 0.2) is 11.6 Å². The number of hydrogen-bond donors (Lipinski definition) is 1. The van der Waals surface area contributed by atoms with Crippen molar-refractivity contribution in [1.82, 2.24) is 14.6 Å². The minimum absolute atomic E-state index is 0.0127. The zero-order chi connectivity index (χ0) is 21.8. The molecule has 0 bridgehead atoms. The molecule has 0 saturated heterocycles. The summed E-state index contributed by atoms with van der Waals surface area (Å²) in [5.74, 6) is 0.239. The molecule has 7 nitrogen and oxygen atoms in total. The molecule has 0 aliphatic carbocycles. The first-order chi connectivity index (χ1) is 15.0. The summed E-state index contributed by atoms with van der Waals surface area (Å²) in [6.45, 7) is 1.89. The van der Waals surface area contributed by atoms with E-state index in [1.807, 2.05) is 30.3 Å². The predicted molar refractivity (Wildman–Crippen MR) is 115 cm³/mol. The number of benzene rings is 2. The van der Waals surface area contributed by atoms with Gasteiger partial charge in [-0.05, 0) is 30.7 Å². The van der Waals surface area contributed by atoms with E-state index in [2.05, 4.69) is 15.4 Å². The Morgan fingerprint density at radius 3 is 2.77 bits per heavy atom. The highest BCUT2D eigenvalue weighted by Gasteiger charge is 2.20. The van der Waals surface area contributed by atoms with Gasteiger partial charge in [0.25, 0.3) is 0 Å². The lowest BCUT2D eigenvalue weighted by Crippen LogP contribution is -2.10. The Hall–Kier alpha value is -3.65. The van der Waals surface area contributed by atoms with Crippen LogP contribution in [0.5, 0.6) is 5.75 Å². The van der Waals surface area contributed by atoms with Crippen LogP contribution in [-0.4, -0.2) is 27.4 Å². The molecule has 31 heavy (non-hydrogen) atoms. The van der Waals surface area contributed by atoms with Crippen molar-refractivity contribution in [3.05, 3.63) is 83.0 Å². The van der Waals surface area contributed by atoms with Gasteiger partial charge in [0.1, 0.15) is 17.7 Å². The van der Waals surface area contributed by atoms with Gasteiger partial charge in [0.05, 0.1) is 17.8 Å². The summed E-state index contributed by atoms with van der Waals surface area (Å²) in [7, 11) is 0. The summed E-state index contributed by atoms with van der Waals surface area (Å²) in [5.41, 5.74) is 2.84. The van der Waals surface area contributed by atoms with Gasteiger partial charge < -0.3 is 14.8 Å². The van der Waals surface area contributed by atoms with Gasteiger partial charge in [-0.3, -0.25) is 0 Å². The van der Waals surface area contributed by atoms with Crippen LogP contribution < -0.4 is 10.1 Å². The van der Waals surface area contributed by atoms with Gasteiger partial charge >= 0.3 is 6.16 Å². The first-order valence-electron chi connectivity index (χ1n) is 9.51. The van der Waals surface area contributed by atoms with Crippen molar-refractivity contribution >= 4 is 34.8 Å². The third-order valence-electron chi connectivity index (χ3n) is 4.50. The lowest BCUT2D eigenvalue weighted by atomic mass is 10.1. The van der Waals surface area contributed by atoms with E-state index >= 15 is 0 Å². The number of ether oxygens (including phenoxy) is 2. The summed E-state index contributed by atoms with van der Waals surface area (Å²) in [5, 5.41) is 7.36. The molecular formula is C22H18ClFN4O3. The Morgan fingerprint density at radius 1 is 1.23 bits per heavy atom. The molecule has 2 heterocycles. The van der Waals surface area contributed by atoms with Crippen molar-refractivity contribution in [1.29, 1.82) is 0 Å². The second-order valence-corrected chi connectivity index (χ2v) is 6.98. The number of fused-ring (bicyclic) bond motifs is 1. The molecule has 2 aromatic heterocycles. The molecule has 0 unspecified atom stereocenters. The fourth-order valence-corrected chi connectivity index (χ4v) is 3.33. The minimum atomic E-state index is -0.805. The second-order valence-electron chi connectivity index (χ2n) is 6.58. The van der Waals surface area contributed by atoms with E-state index in [0.29, 0.717) is 34.8 Å². The van der Waals surface area contributed by atoms with Crippen LogP contribution in [0.15, 0.2) is 61.1 Å². The van der Waals surface area contributed by atoms with Crippen molar-refractivity contribution in [2.75, 3.05) is 11.9 Å². The first-order valence-corrected chi connectivity index (χ1v) is 9.88. The van der Waals surface area contributed by atoms with E-state index in [0.717, 1.165) is 5.56 Å². The third-order valence-corrected chi connectivity index (χ3v) is 4.79. The molecule has 0 saturated carbocycles. The van der Waals surface area contributed by atoms with Crippen LogP contribution in [0.1, 0.15) is 18.1 Å². The molecule has 0 amide bonds. The van der Waals surface area contributed by atoms with E-state index in [1.54, 1.807) is 23.7 Å². The number of anilines is 2. The van der Waals surface area contributed by atoms with E-state index < -0.39 is 12.0 Å². The number of nitrogens with one attached hydrogen (secondary N) is 1. The number of carbonyl (C=O) groups is 1. The molecule has 2 aromatic carbocycles. The molecule has 1 N–H and O–H groups in total. The zero-order valence-corrected chi connectivity index (χ0v) is 17.3. The van der Waals surface area contributed by atoms with Gasteiger partial charge in [0.2, 0.25) is 0 Å². The maximum Gasteiger partial charge on any atom is 0.513 e. The molecular weight excluding hydrogens is 423 g/mol. The maximum absolute atomic E-state index is 13.5. The molecule has 4 rings (SSSR count). The molecule has 4 aromatic rings. The lowest BCUT2D eigenvalue weighted by molar-refractivity contribution is 0.104. The SMILES string of the molecule is CCOC(=O)Oc1cn2ncnc(Nc3ccc(F)c(Cl)c3)c2c1Cc1ccccc1. The van der Waals surface area contributed by atoms with Crippen LogP contribution in [0.3, 0.4) is 0 Å². The van der Waals surface area contributed by atoms with Crippen LogP contribution in [0, 0.1) is 5.82 Å². The van der Waals surface area contributed by atoms with E-state index in [4.69, 9.17) is 21.1 Å². The Morgan fingerprint density at radius 2 is 2.03 bits per heavy atom. The van der Waals surface area contributed by atoms with Crippen molar-refractivity contribution in [3.8, 4) is 5.75 Å². The number of rotatable bonds is 6. The summed E-state index contributed by atoms with van der Waals surface area (Å²) < 4.78 is 25.5. The Labute approximate surface area is 182 Å². The van der Waals surface area contributed by atoms with Crippen LogP contribution in [-0.2, 0) is 11.2 Å². The van der Waals surface area contributed by atoms with E-state index in [-0.39, 0.29) is 11.6 Å². The smallest absolute Gasteiger partial charge is 0.434 e. The highest BCUT2D eigenvalue weighted by molar-refractivity contribution is 6.31. The predicted octanol–water partition coefficient (Wildman–Crippen LogP) is 5.39. The van der Waals surface area contributed by atoms with Gasteiger partial charge in [0, 0.05) is 17.7 Å². The maximum atomic E-state index is 13.5. The molecule has 0 atom stereocenters. The molecule has 0 radical (unpaired) electrons. The van der Waals surface area contributed by atoms with Crippen LogP contribution in [0.25, 0.3) is 5.52 Å². The highest BCUT2D eigenvalue weighted by atomic mass is 35.5. The van der Waals surface area contributed by atoms with Crippen LogP contribution in [0.4, 0.5) is 20.7 Å². The van der Waals surface area contributed by atoms with E-state index in [1.165, 1.54) is 18.5 Å². The Bertz CT molecular complexity index is 1230. The number of halogens is 2. The normalized spacial score (nSPS) is 10.8. The average Bonchev–Trinajstić information content (AvgIpc) is 3.09. The summed E-state index contributed by atoms with van der Waals surface area (Å²) in [6.07, 6.45) is 2.61. The third kappa shape index (κ3) is 4.59. The summed E-state index contributed by atoms with van der Waals surface area (Å²) in [6, 6.07) is 14.0. The second kappa shape index (κ2) is 9.01. The van der Waals surface area contributed by atoms with Gasteiger partial charge in [-0.15, -0.1) is 0 Å². The molecule has 0 aliphatic heterocycles. The zero-order valence-electron chi connectivity index (χ0n) is 16.5. The molecule has 0 aliphatic rings. The number of aromatic nitrogens is 3. The minimum Gasteiger partial charge on any atom is -0.434 e. The molecule has 9 heteroatoms. The molecule has 0 spiro atoms.